The fourth-order valence-corrected chi connectivity index (χ4v) is 2.03. The molecule has 0 radical (unpaired) electrons. The Hall–Kier alpha value is -1.33. The van der Waals surface area contributed by atoms with Crippen LogP contribution in [-0.4, -0.2) is 47.2 Å². The van der Waals surface area contributed by atoms with Crippen LogP contribution in [0.3, 0.4) is 0 Å². The van der Waals surface area contributed by atoms with Crippen LogP contribution in [0.25, 0.3) is 0 Å². The van der Waals surface area contributed by atoms with Crippen LogP contribution in [0.15, 0.2) is 24.5 Å². The lowest BCUT2D eigenvalue weighted by Crippen LogP contribution is -2.59. The summed E-state index contributed by atoms with van der Waals surface area (Å²) in [5.74, 6) is 0.0237. The van der Waals surface area contributed by atoms with Gasteiger partial charge >= 0.3 is 0 Å². The van der Waals surface area contributed by atoms with Crippen LogP contribution in [0.2, 0.25) is 0 Å². The smallest absolute Gasteiger partial charge is 0.258 e. The summed E-state index contributed by atoms with van der Waals surface area (Å²) in [5, 5.41) is 3.29. The highest BCUT2D eigenvalue weighted by Crippen LogP contribution is 2.15. The van der Waals surface area contributed by atoms with E-state index in [9.17, 15) is 4.79 Å². The van der Waals surface area contributed by atoms with Crippen LogP contribution >= 0.6 is 0 Å². The highest BCUT2D eigenvalue weighted by molar-refractivity contribution is 5.92. The van der Waals surface area contributed by atoms with Gasteiger partial charge in [0.25, 0.3) is 5.91 Å². The van der Waals surface area contributed by atoms with Crippen molar-refractivity contribution in [2.75, 3.05) is 31.6 Å². The third-order valence-corrected chi connectivity index (χ3v) is 3.30. The second-order valence-corrected chi connectivity index (χ2v) is 4.83. The average Bonchev–Trinajstić information content (AvgIpc) is 2.83. The molecule has 1 fully saturated rings. The first kappa shape index (κ1) is 12.1. The Labute approximate surface area is 102 Å². The maximum Gasteiger partial charge on any atom is 0.258 e. The lowest BCUT2D eigenvalue weighted by molar-refractivity contribution is -0.127. The zero-order valence-corrected chi connectivity index (χ0v) is 10.4. The largest absolute Gasteiger partial charge is 0.314 e. The lowest BCUT2D eigenvalue weighted by atomic mass is 10.0. The summed E-state index contributed by atoms with van der Waals surface area (Å²) in [7, 11) is 0. The molecule has 0 spiro atoms. The topological polar surface area (TPSA) is 49.3 Å². The van der Waals surface area contributed by atoms with E-state index in [0.717, 1.165) is 26.2 Å². The number of rotatable bonds is 3. The minimum absolute atomic E-state index is 0.0237. The van der Waals surface area contributed by atoms with E-state index in [-0.39, 0.29) is 5.91 Å². The summed E-state index contributed by atoms with van der Waals surface area (Å²) in [6.45, 7) is 7.65. The fraction of sp³-hybridized carbons (Fsp3) is 0.583. The van der Waals surface area contributed by atoms with E-state index < -0.39 is 5.54 Å². The van der Waals surface area contributed by atoms with Gasteiger partial charge in [0, 0.05) is 38.6 Å². The van der Waals surface area contributed by atoms with Gasteiger partial charge in [-0.1, -0.05) is 0 Å². The van der Waals surface area contributed by atoms with E-state index >= 15 is 0 Å². The maximum absolute atomic E-state index is 12.2. The molecule has 1 aromatic heterocycles. The Morgan fingerprint density at radius 2 is 1.82 bits per heavy atom. The Bertz CT molecular complexity index is 366. The first-order valence-electron chi connectivity index (χ1n) is 6.01. The number of carbonyl (C=O) groups excluding carboxylic acids is 1. The molecule has 2 N–H and O–H groups in total. The molecule has 5 heteroatoms. The minimum atomic E-state index is -0.480. The van der Waals surface area contributed by atoms with Crippen molar-refractivity contribution >= 4 is 5.91 Å². The molecule has 0 aromatic carbocycles. The quantitative estimate of drug-likeness (QED) is 0.790. The van der Waals surface area contributed by atoms with Crippen LogP contribution in [0.4, 0.5) is 0 Å². The molecular formula is C12H20N4O. The van der Waals surface area contributed by atoms with Crippen LogP contribution in [0, 0.1) is 0 Å². The highest BCUT2D eigenvalue weighted by atomic mass is 16.2. The summed E-state index contributed by atoms with van der Waals surface area (Å²) < 4.78 is 1.69. The van der Waals surface area contributed by atoms with E-state index in [1.165, 1.54) is 0 Å². The molecule has 5 nitrogen and oxygen atoms in total. The molecule has 2 rings (SSSR count). The van der Waals surface area contributed by atoms with E-state index in [1.54, 1.807) is 4.68 Å². The highest BCUT2D eigenvalue weighted by Gasteiger charge is 2.35. The molecule has 0 bridgehead atoms. The number of aromatic nitrogens is 1. The standard InChI is InChI=1S/C12H20N4O/c1-12(2,15-9-5-13-6-10-15)11(17)14-16-7-3-4-8-16/h3-4,7-8,13H,5-6,9-10H2,1-2H3,(H,14,17). The van der Waals surface area contributed by atoms with Gasteiger partial charge in [-0.15, -0.1) is 0 Å². The van der Waals surface area contributed by atoms with E-state index in [0.29, 0.717) is 0 Å². The number of carbonyl (C=O) groups is 1. The molecular weight excluding hydrogens is 216 g/mol. The van der Waals surface area contributed by atoms with Crippen molar-refractivity contribution in [2.45, 2.75) is 19.4 Å². The van der Waals surface area contributed by atoms with E-state index in [4.69, 9.17) is 0 Å². The fourth-order valence-electron chi connectivity index (χ4n) is 2.03. The molecule has 2 heterocycles. The van der Waals surface area contributed by atoms with Crippen LogP contribution < -0.4 is 10.7 Å². The summed E-state index contributed by atoms with van der Waals surface area (Å²) >= 11 is 0. The molecule has 94 valence electrons. The van der Waals surface area contributed by atoms with Crippen LogP contribution in [0.5, 0.6) is 0 Å². The van der Waals surface area contributed by atoms with Gasteiger partial charge in [0.15, 0.2) is 0 Å². The normalized spacial score (nSPS) is 18.0. The second-order valence-electron chi connectivity index (χ2n) is 4.83. The Morgan fingerprint density at radius 1 is 1.24 bits per heavy atom. The minimum Gasteiger partial charge on any atom is -0.314 e. The number of nitrogens with zero attached hydrogens (tertiary/aromatic N) is 2. The average molecular weight is 236 g/mol. The molecule has 1 amide bonds. The molecule has 0 atom stereocenters. The molecule has 1 aliphatic rings. The Kier molecular flexibility index (Phi) is 3.49. The van der Waals surface area contributed by atoms with Crippen molar-refractivity contribution in [3.8, 4) is 0 Å². The van der Waals surface area contributed by atoms with Crippen molar-refractivity contribution in [3.05, 3.63) is 24.5 Å². The van der Waals surface area contributed by atoms with Gasteiger partial charge in [-0.05, 0) is 26.0 Å². The van der Waals surface area contributed by atoms with Crippen molar-refractivity contribution in [1.29, 1.82) is 0 Å². The molecule has 1 saturated heterocycles. The van der Waals surface area contributed by atoms with Crippen LogP contribution in [-0.2, 0) is 4.79 Å². The zero-order valence-electron chi connectivity index (χ0n) is 10.4. The first-order chi connectivity index (χ1) is 8.10. The SMILES string of the molecule is CC(C)(C(=O)Nn1cccc1)N1CCNCC1. The predicted octanol–water partition coefficient (Wildman–Crippen LogP) is 0.242. The van der Waals surface area contributed by atoms with Gasteiger partial charge in [0.05, 0.1) is 5.54 Å². The number of hydrogen-bond donors (Lipinski definition) is 2. The molecule has 0 saturated carbocycles. The van der Waals surface area contributed by atoms with Crippen molar-refractivity contribution in [3.63, 3.8) is 0 Å². The van der Waals surface area contributed by atoms with Gasteiger partial charge in [-0.25, -0.2) is 0 Å². The van der Waals surface area contributed by atoms with Gasteiger partial charge in [0.2, 0.25) is 0 Å². The van der Waals surface area contributed by atoms with Gasteiger partial charge < -0.3 is 5.32 Å². The summed E-state index contributed by atoms with van der Waals surface area (Å²) in [4.78, 5) is 14.4. The third-order valence-electron chi connectivity index (χ3n) is 3.30. The lowest BCUT2D eigenvalue weighted by Gasteiger charge is -2.39. The number of amides is 1. The number of nitrogens with one attached hydrogen (secondary N) is 2. The summed E-state index contributed by atoms with van der Waals surface area (Å²) in [6.07, 6.45) is 3.65. The molecule has 17 heavy (non-hydrogen) atoms. The van der Waals surface area contributed by atoms with Crippen LogP contribution in [0.1, 0.15) is 13.8 Å². The first-order valence-corrected chi connectivity index (χ1v) is 6.01. The molecule has 0 aliphatic carbocycles. The Balaban J connectivity index is 2.00. The summed E-state index contributed by atoms with van der Waals surface area (Å²) in [5.41, 5.74) is 2.40. The van der Waals surface area contributed by atoms with Gasteiger partial charge in [-0.3, -0.25) is 19.8 Å². The Morgan fingerprint density at radius 3 is 2.41 bits per heavy atom. The summed E-state index contributed by atoms with van der Waals surface area (Å²) in [6, 6.07) is 3.77. The van der Waals surface area contributed by atoms with E-state index in [1.807, 2.05) is 38.4 Å². The van der Waals surface area contributed by atoms with Crippen molar-refractivity contribution < 1.29 is 4.79 Å². The van der Waals surface area contributed by atoms with Crippen molar-refractivity contribution in [1.82, 2.24) is 14.9 Å². The maximum atomic E-state index is 12.2. The molecule has 1 aromatic rings. The third kappa shape index (κ3) is 2.68. The zero-order chi connectivity index (χ0) is 12.3. The van der Waals surface area contributed by atoms with Crippen molar-refractivity contribution in [2.24, 2.45) is 0 Å². The molecule has 1 aliphatic heterocycles. The molecule has 0 unspecified atom stereocenters. The van der Waals surface area contributed by atoms with Gasteiger partial charge in [-0.2, -0.15) is 0 Å². The van der Waals surface area contributed by atoms with E-state index in [2.05, 4.69) is 15.6 Å². The number of piperazine rings is 1. The number of hydrogen-bond acceptors (Lipinski definition) is 3. The second kappa shape index (κ2) is 4.89. The predicted molar refractivity (Wildman–Crippen MR) is 67.3 cm³/mol. The monoisotopic (exact) mass is 236 g/mol. The van der Waals surface area contributed by atoms with Gasteiger partial charge in [0.1, 0.15) is 0 Å².